The molecule has 1 aliphatic rings. The molecule has 6 aromatic rings. The molecule has 4 N–H and O–H groups in total. The Morgan fingerprint density at radius 3 is 1.44 bits per heavy atom. The van der Waals surface area contributed by atoms with Crippen LogP contribution in [0.5, 0.6) is 0 Å². The fraction of sp³-hybridized carbons (Fsp3) is 0.250. The average Bonchev–Trinajstić information content (AvgIpc) is 4.08. The smallest absolute Gasteiger partial charge is 0.0838 e. The topological polar surface area (TPSA) is 70.8 Å². The number of benzene rings is 6. The zero-order valence-corrected chi connectivity index (χ0v) is 33.1. The van der Waals surface area contributed by atoms with Crippen molar-refractivity contribution >= 4 is 34.9 Å². The van der Waals surface area contributed by atoms with Gasteiger partial charge in [-0.15, -0.1) is 23.5 Å². The maximum Gasteiger partial charge on any atom is 0.0838 e. The van der Waals surface area contributed by atoms with Crippen LogP contribution in [-0.2, 0) is 29.1 Å². The molecule has 0 spiro atoms. The van der Waals surface area contributed by atoms with Crippen molar-refractivity contribution < 1.29 is 9.84 Å². The van der Waals surface area contributed by atoms with Crippen molar-refractivity contribution in [3.63, 3.8) is 0 Å². The van der Waals surface area contributed by atoms with E-state index in [0.29, 0.717) is 18.6 Å². The second-order valence-electron chi connectivity index (χ2n) is 13.8. The predicted octanol–water partition coefficient (Wildman–Crippen LogP) is 11.5. The quantitative estimate of drug-likeness (QED) is 0.0551. The number of aliphatic hydroxyl groups is 1. The molecule has 280 valence electrons. The first-order valence-corrected chi connectivity index (χ1v) is 20.8. The van der Waals surface area contributed by atoms with E-state index in [-0.39, 0.29) is 12.0 Å². The summed E-state index contributed by atoms with van der Waals surface area (Å²) in [4.78, 5) is 2.51. The van der Waals surface area contributed by atoms with Crippen molar-refractivity contribution in [1.82, 2.24) is 0 Å². The number of epoxide rings is 1. The Bertz CT molecular complexity index is 1860. The SMILES string of the molecule is C[C@@H](Cc1ccccc1)[C@@H](O)CNc1ccc(SCc2ccccc2)cc1.C[C@@H](Cc1ccccc1)[C@@H]1CO1.Nc1ccc(SCc2ccccc2)cc1. The minimum atomic E-state index is -0.377. The van der Waals surface area contributed by atoms with Gasteiger partial charge in [0, 0.05) is 39.2 Å². The van der Waals surface area contributed by atoms with Gasteiger partial charge >= 0.3 is 0 Å². The standard InChI is InChI=1S/C24H27NOS.C13H13NS.C11H14O/c1-19(16-20-8-4-2-5-9-20)24(26)17-25-22-12-14-23(15-13-22)27-18-21-10-6-3-7-11-21;14-12-6-8-13(9-7-12)15-10-11-4-2-1-3-5-11;1-9(11-8-12-11)7-10-5-3-2-4-6-10/h2-15,19,24-26H,16-18H2,1H3;1-9H,10,14H2;2-6,9,11H,7-8H2,1H3/t19-,24-;;9-,11-/m0.0/s1. The summed E-state index contributed by atoms with van der Waals surface area (Å²) >= 11 is 3.66. The number of aliphatic hydroxyl groups excluding tert-OH is 1. The molecule has 0 bridgehead atoms. The molecule has 1 saturated heterocycles. The molecule has 1 heterocycles. The second-order valence-corrected chi connectivity index (χ2v) is 15.9. The normalized spacial score (nSPS) is 14.6. The molecule has 4 nitrogen and oxygen atoms in total. The number of hydrogen-bond acceptors (Lipinski definition) is 6. The number of ether oxygens (including phenoxy) is 1. The predicted molar refractivity (Wildman–Crippen MR) is 232 cm³/mol. The molecule has 0 amide bonds. The molecule has 54 heavy (non-hydrogen) atoms. The van der Waals surface area contributed by atoms with Crippen molar-refractivity contribution in [2.45, 2.75) is 60.2 Å². The summed E-state index contributed by atoms with van der Waals surface area (Å²) in [6.45, 7) is 5.88. The van der Waals surface area contributed by atoms with E-state index in [1.54, 1.807) is 0 Å². The van der Waals surface area contributed by atoms with Crippen LogP contribution in [0.4, 0.5) is 11.4 Å². The van der Waals surface area contributed by atoms with Gasteiger partial charge in [-0.1, -0.05) is 135 Å². The number of hydrogen-bond donors (Lipinski definition) is 3. The van der Waals surface area contributed by atoms with Crippen LogP contribution < -0.4 is 11.1 Å². The van der Waals surface area contributed by atoms with E-state index in [4.69, 9.17) is 10.5 Å². The Morgan fingerprint density at radius 2 is 1.00 bits per heavy atom. The van der Waals surface area contributed by atoms with Gasteiger partial charge in [0.2, 0.25) is 0 Å². The molecular formula is C48H54N2O2S2. The second kappa shape index (κ2) is 22.7. The Labute approximate surface area is 331 Å². The number of thioether (sulfide) groups is 2. The van der Waals surface area contributed by atoms with Crippen LogP contribution in [0.2, 0.25) is 0 Å². The van der Waals surface area contributed by atoms with E-state index in [2.05, 4.69) is 147 Å². The highest BCUT2D eigenvalue weighted by atomic mass is 32.2. The van der Waals surface area contributed by atoms with E-state index in [0.717, 1.165) is 42.3 Å². The molecule has 0 unspecified atom stereocenters. The van der Waals surface area contributed by atoms with Gasteiger partial charge in [0.05, 0.1) is 18.8 Å². The van der Waals surface area contributed by atoms with E-state index in [9.17, 15) is 5.11 Å². The summed E-state index contributed by atoms with van der Waals surface area (Å²) in [5.74, 6) is 2.86. The Morgan fingerprint density at radius 1 is 0.593 bits per heavy atom. The molecular weight excluding hydrogens is 701 g/mol. The van der Waals surface area contributed by atoms with Crippen molar-refractivity contribution in [2.24, 2.45) is 11.8 Å². The molecule has 1 fully saturated rings. The summed E-state index contributed by atoms with van der Waals surface area (Å²) in [5, 5.41) is 13.8. The Kier molecular flexibility index (Phi) is 17.1. The minimum Gasteiger partial charge on any atom is -0.399 e. The highest BCUT2D eigenvalue weighted by Crippen LogP contribution is 2.26. The maximum absolute atomic E-state index is 10.4. The Hall–Kier alpha value is -4.46. The van der Waals surface area contributed by atoms with Crippen LogP contribution in [0.1, 0.15) is 36.1 Å². The van der Waals surface area contributed by atoms with Crippen molar-refractivity contribution in [3.8, 4) is 0 Å². The lowest BCUT2D eigenvalue weighted by molar-refractivity contribution is 0.129. The first kappa shape index (κ1) is 40.7. The molecule has 6 heteroatoms. The van der Waals surface area contributed by atoms with Gasteiger partial charge in [0.15, 0.2) is 0 Å². The Balaban J connectivity index is 0.000000173. The van der Waals surface area contributed by atoms with Crippen LogP contribution in [0, 0.1) is 11.8 Å². The van der Waals surface area contributed by atoms with Gasteiger partial charge in [-0.3, -0.25) is 0 Å². The summed E-state index contributed by atoms with van der Waals surface area (Å²) in [6.07, 6.45) is 2.19. The van der Waals surface area contributed by atoms with Crippen molar-refractivity contribution in [1.29, 1.82) is 0 Å². The third kappa shape index (κ3) is 15.5. The lowest BCUT2D eigenvalue weighted by atomic mass is 9.96. The lowest BCUT2D eigenvalue weighted by Gasteiger charge is -2.20. The highest BCUT2D eigenvalue weighted by molar-refractivity contribution is 7.98. The zero-order valence-electron chi connectivity index (χ0n) is 31.5. The van der Waals surface area contributed by atoms with Gasteiger partial charge in [-0.2, -0.15) is 0 Å². The van der Waals surface area contributed by atoms with Gasteiger partial charge in [-0.25, -0.2) is 0 Å². The van der Waals surface area contributed by atoms with Gasteiger partial charge < -0.3 is 20.9 Å². The molecule has 4 atom stereocenters. The monoisotopic (exact) mass is 754 g/mol. The fourth-order valence-corrected chi connectivity index (χ4v) is 7.47. The number of anilines is 2. The fourth-order valence-electron chi connectivity index (χ4n) is 5.76. The van der Waals surface area contributed by atoms with E-state index in [1.165, 1.54) is 32.0 Å². The molecule has 0 aliphatic carbocycles. The zero-order chi connectivity index (χ0) is 37.8. The number of nitrogen functional groups attached to an aromatic ring is 1. The maximum atomic E-state index is 10.4. The minimum absolute atomic E-state index is 0.209. The van der Waals surface area contributed by atoms with Crippen LogP contribution in [-0.4, -0.2) is 30.5 Å². The number of nitrogens with one attached hydrogen (secondary N) is 1. The van der Waals surface area contributed by atoms with Crippen LogP contribution in [0.15, 0.2) is 180 Å². The molecule has 7 rings (SSSR count). The third-order valence-corrected chi connectivity index (χ3v) is 11.4. The van der Waals surface area contributed by atoms with Crippen LogP contribution in [0.3, 0.4) is 0 Å². The van der Waals surface area contributed by atoms with Crippen LogP contribution in [0.25, 0.3) is 0 Å². The average molecular weight is 755 g/mol. The highest BCUT2D eigenvalue weighted by Gasteiger charge is 2.29. The summed E-state index contributed by atoms with van der Waals surface area (Å²) in [6, 6.07) is 58.3. The molecule has 0 saturated carbocycles. The lowest BCUT2D eigenvalue weighted by Crippen LogP contribution is -2.28. The van der Waals surface area contributed by atoms with Gasteiger partial charge in [0.1, 0.15) is 0 Å². The largest absolute Gasteiger partial charge is 0.399 e. The summed E-state index contributed by atoms with van der Waals surface area (Å²) < 4.78 is 5.24. The molecule has 1 aliphatic heterocycles. The molecule has 6 aromatic carbocycles. The number of rotatable bonds is 15. The van der Waals surface area contributed by atoms with Crippen molar-refractivity contribution in [3.05, 3.63) is 192 Å². The van der Waals surface area contributed by atoms with Gasteiger partial charge in [-0.05, 0) is 95.5 Å². The summed E-state index contributed by atoms with van der Waals surface area (Å²) in [5.41, 5.74) is 12.9. The number of nitrogens with two attached hydrogens (primary N) is 1. The van der Waals surface area contributed by atoms with E-state index < -0.39 is 0 Å². The van der Waals surface area contributed by atoms with E-state index >= 15 is 0 Å². The third-order valence-electron chi connectivity index (χ3n) is 9.20. The van der Waals surface area contributed by atoms with E-state index in [1.807, 2.05) is 66.0 Å². The molecule has 0 radical (unpaired) electrons. The first-order chi connectivity index (χ1) is 26.4. The van der Waals surface area contributed by atoms with Crippen LogP contribution >= 0.6 is 23.5 Å². The first-order valence-electron chi connectivity index (χ1n) is 18.8. The molecule has 0 aromatic heterocycles. The van der Waals surface area contributed by atoms with Gasteiger partial charge in [0.25, 0.3) is 0 Å². The summed E-state index contributed by atoms with van der Waals surface area (Å²) in [7, 11) is 0. The van der Waals surface area contributed by atoms with Crippen molar-refractivity contribution in [2.75, 3.05) is 24.2 Å².